The smallest absolute Gasteiger partial charge is 0.125 e. The first kappa shape index (κ1) is 11.9. The van der Waals surface area contributed by atoms with Crippen molar-refractivity contribution < 1.29 is 14.2 Å². The first-order chi connectivity index (χ1) is 7.07. The molecular weight excluding hydrogens is 197 g/mol. The normalized spacial score (nSPS) is 14.7. The number of benzene rings is 1. The number of hydrogen-bond acceptors (Lipinski definition) is 3. The van der Waals surface area contributed by atoms with Gasteiger partial charge in [-0.1, -0.05) is 6.92 Å². The summed E-state index contributed by atoms with van der Waals surface area (Å²) in [4.78, 5) is 0. The van der Waals surface area contributed by atoms with Gasteiger partial charge in [-0.2, -0.15) is 0 Å². The number of ether oxygens (including phenoxy) is 1. The lowest BCUT2D eigenvalue weighted by Crippen LogP contribution is -2.34. The van der Waals surface area contributed by atoms with Crippen LogP contribution in [0.5, 0.6) is 5.75 Å². The number of aliphatic hydroxyl groups is 1. The Labute approximate surface area is 88.7 Å². The van der Waals surface area contributed by atoms with Crippen LogP contribution in [0.3, 0.4) is 0 Å². The Hall–Kier alpha value is -1.13. The lowest BCUT2D eigenvalue weighted by molar-refractivity contribution is 0.0391. The maximum Gasteiger partial charge on any atom is 0.125 e. The molecule has 4 heteroatoms. The predicted molar refractivity (Wildman–Crippen MR) is 56.2 cm³/mol. The molecule has 0 amide bonds. The summed E-state index contributed by atoms with van der Waals surface area (Å²) < 4.78 is 18.1. The molecule has 0 fully saturated rings. The summed E-state index contributed by atoms with van der Waals surface area (Å²) >= 11 is 0. The Morgan fingerprint density at radius 3 is 2.67 bits per heavy atom. The number of halogens is 1. The van der Waals surface area contributed by atoms with Gasteiger partial charge in [0.15, 0.2) is 0 Å². The molecule has 0 aliphatic carbocycles. The summed E-state index contributed by atoms with van der Waals surface area (Å²) in [5.74, 6) is 0.0392. The Kier molecular flexibility index (Phi) is 3.66. The molecule has 0 aliphatic heterocycles. The third kappa shape index (κ3) is 2.27. The Bertz CT molecular complexity index is 337. The van der Waals surface area contributed by atoms with Gasteiger partial charge in [-0.3, -0.25) is 0 Å². The summed E-state index contributed by atoms with van der Waals surface area (Å²) in [6.45, 7) is 1.82. The van der Waals surface area contributed by atoms with E-state index in [4.69, 9.17) is 10.5 Å². The fourth-order valence-corrected chi connectivity index (χ4v) is 1.49. The fourth-order valence-electron chi connectivity index (χ4n) is 1.49. The molecule has 0 saturated carbocycles. The van der Waals surface area contributed by atoms with Crippen molar-refractivity contribution in [3.8, 4) is 5.75 Å². The van der Waals surface area contributed by atoms with E-state index in [0.29, 0.717) is 17.7 Å². The van der Waals surface area contributed by atoms with Crippen molar-refractivity contribution in [3.05, 3.63) is 29.6 Å². The third-order valence-corrected chi connectivity index (χ3v) is 2.59. The van der Waals surface area contributed by atoms with E-state index in [1.54, 1.807) is 6.92 Å². The van der Waals surface area contributed by atoms with Crippen molar-refractivity contribution in [3.63, 3.8) is 0 Å². The van der Waals surface area contributed by atoms with Crippen molar-refractivity contribution in [1.29, 1.82) is 0 Å². The topological polar surface area (TPSA) is 55.5 Å². The highest BCUT2D eigenvalue weighted by Gasteiger charge is 2.29. The molecular formula is C11H16FNO2. The predicted octanol–water partition coefficient (Wildman–Crippen LogP) is 1.39. The van der Waals surface area contributed by atoms with Crippen molar-refractivity contribution in [2.45, 2.75) is 18.9 Å². The minimum Gasteiger partial charge on any atom is -0.496 e. The molecule has 1 atom stereocenters. The van der Waals surface area contributed by atoms with Gasteiger partial charge in [0.05, 0.1) is 7.11 Å². The van der Waals surface area contributed by atoms with Gasteiger partial charge in [0.2, 0.25) is 0 Å². The number of nitrogens with two attached hydrogens (primary N) is 1. The summed E-state index contributed by atoms with van der Waals surface area (Å²) in [7, 11) is 1.48. The van der Waals surface area contributed by atoms with Gasteiger partial charge in [-0.05, 0) is 24.6 Å². The minimum absolute atomic E-state index is 0.0311. The first-order valence-corrected chi connectivity index (χ1v) is 4.84. The standard InChI is InChI=1S/C11H16FNO2/c1-3-11(14,7-13)9-6-8(12)4-5-10(9)15-2/h4-6,14H,3,7,13H2,1-2H3. The Morgan fingerprint density at radius 1 is 1.53 bits per heavy atom. The van der Waals surface area contributed by atoms with Crippen LogP contribution in [0.15, 0.2) is 18.2 Å². The largest absolute Gasteiger partial charge is 0.496 e. The van der Waals surface area contributed by atoms with Crippen LogP contribution in [0.1, 0.15) is 18.9 Å². The molecule has 1 aromatic rings. The number of hydrogen-bond donors (Lipinski definition) is 2. The first-order valence-electron chi connectivity index (χ1n) is 4.84. The highest BCUT2D eigenvalue weighted by Crippen LogP contribution is 2.32. The zero-order valence-corrected chi connectivity index (χ0v) is 8.96. The molecule has 0 aromatic heterocycles. The molecule has 0 radical (unpaired) electrons. The van der Waals surface area contributed by atoms with Gasteiger partial charge in [-0.15, -0.1) is 0 Å². The van der Waals surface area contributed by atoms with E-state index < -0.39 is 11.4 Å². The Balaban J connectivity index is 3.26. The third-order valence-electron chi connectivity index (χ3n) is 2.59. The SMILES string of the molecule is CCC(O)(CN)c1cc(F)ccc1OC. The highest BCUT2D eigenvalue weighted by atomic mass is 19.1. The van der Waals surface area contributed by atoms with E-state index in [2.05, 4.69) is 0 Å². The molecule has 0 aliphatic rings. The highest BCUT2D eigenvalue weighted by molar-refractivity contribution is 5.38. The molecule has 0 saturated heterocycles. The average molecular weight is 213 g/mol. The van der Waals surface area contributed by atoms with Gasteiger partial charge in [0, 0.05) is 12.1 Å². The summed E-state index contributed by atoms with van der Waals surface area (Å²) in [6, 6.07) is 4.03. The van der Waals surface area contributed by atoms with Crippen molar-refractivity contribution >= 4 is 0 Å². The fraction of sp³-hybridized carbons (Fsp3) is 0.455. The molecule has 1 aromatic carbocycles. The molecule has 1 rings (SSSR count). The molecule has 3 nitrogen and oxygen atoms in total. The van der Waals surface area contributed by atoms with E-state index in [9.17, 15) is 9.50 Å². The van der Waals surface area contributed by atoms with Crippen LogP contribution in [-0.2, 0) is 5.60 Å². The van der Waals surface area contributed by atoms with E-state index >= 15 is 0 Å². The van der Waals surface area contributed by atoms with Crippen LogP contribution in [0.4, 0.5) is 4.39 Å². The van der Waals surface area contributed by atoms with Crippen molar-refractivity contribution in [2.24, 2.45) is 5.73 Å². The van der Waals surface area contributed by atoms with E-state index in [-0.39, 0.29) is 6.54 Å². The minimum atomic E-state index is -1.23. The van der Waals surface area contributed by atoms with Crippen LogP contribution in [-0.4, -0.2) is 18.8 Å². The monoisotopic (exact) mass is 213 g/mol. The molecule has 0 bridgehead atoms. The molecule has 84 valence electrons. The van der Waals surface area contributed by atoms with Crippen LogP contribution >= 0.6 is 0 Å². The molecule has 0 heterocycles. The number of rotatable bonds is 4. The van der Waals surface area contributed by atoms with Crippen molar-refractivity contribution in [1.82, 2.24) is 0 Å². The lowest BCUT2D eigenvalue weighted by Gasteiger charge is -2.27. The lowest BCUT2D eigenvalue weighted by atomic mass is 9.90. The second-order valence-electron chi connectivity index (χ2n) is 3.43. The second-order valence-corrected chi connectivity index (χ2v) is 3.43. The quantitative estimate of drug-likeness (QED) is 0.794. The van der Waals surface area contributed by atoms with E-state index in [1.807, 2.05) is 0 Å². The van der Waals surface area contributed by atoms with E-state index in [1.165, 1.54) is 25.3 Å². The average Bonchev–Trinajstić information content (AvgIpc) is 2.28. The Morgan fingerprint density at radius 2 is 2.20 bits per heavy atom. The van der Waals surface area contributed by atoms with Gasteiger partial charge < -0.3 is 15.6 Å². The van der Waals surface area contributed by atoms with Gasteiger partial charge in [-0.25, -0.2) is 4.39 Å². The zero-order chi connectivity index (χ0) is 11.5. The van der Waals surface area contributed by atoms with Gasteiger partial charge in [0.1, 0.15) is 17.2 Å². The summed E-state index contributed by atoms with van der Waals surface area (Å²) in [5.41, 5.74) is 4.66. The van der Waals surface area contributed by atoms with Crippen LogP contribution < -0.4 is 10.5 Å². The van der Waals surface area contributed by atoms with Crippen LogP contribution in [0, 0.1) is 5.82 Å². The maximum atomic E-state index is 13.1. The van der Waals surface area contributed by atoms with Gasteiger partial charge >= 0.3 is 0 Å². The molecule has 0 spiro atoms. The van der Waals surface area contributed by atoms with Crippen molar-refractivity contribution in [2.75, 3.05) is 13.7 Å². The van der Waals surface area contributed by atoms with Crippen LogP contribution in [0.25, 0.3) is 0 Å². The summed E-state index contributed by atoms with van der Waals surface area (Å²) in [5, 5.41) is 10.2. The maximum absolute atomic E-state index is 13.1. The summed E-state index contributed by atoms with van der Waals surface area (Å²) in [6.07, 6.45) is 0.406. The molecule has 15 heavy (non-hydrogen) atoms. The molecule has 1 unspecified atom stereocenters. The van der Waals surface area contributed by atoms with E-state index in [0.717, 1.165) is 0 Å². The second kappa shape index (κ2) is 4.59. The van der Waals surface area contributed by atoms with Crippen LogP contribution in [0.2, 0.25) is 0 Å². The zero-order valence-electron chi connectivity index (χ0n) is 8.96. The molecule has 3 N–H and O–H groups in total. The number of methoxy groups -OCH3 is 1. The van der Waals surface area contributed by atoms with Gasteiger partial charge in [0.25, 0.3) is 0 Å².